The number of allylic oxidation sites excluding steroid dienone is 1. The lowest BCUT2D eigenvalue weighted by atomic mass is 10.3. The third-order valence-corrected chi connectivity index (χ3v) is 1.26. The van der Waals surface area contributed by atoms with Gasteiger partial charge in [0.05, 0.1) is 0 Å². The average Bonchev–Trinajstić information content (AvgIpc) is 2.06. The number of benzene rings is 1. The molecule has 0 saturated carbocycles. The van der Waals surface area contributed by atoms with Gasteiger partial charge >= 0.3 is 5.97 Å². The first-order chi connectivity index (χ1) is 5.83. The summed E-state index contributed by atoms with van der Waals surface area (Å²) in [5.41, 5.74) is 0. The summed E-state index contributed by atoms with van der Waals surface area (Å²) in [6.07, 6.45) is 3.03. The molecule has 0 radical (unpaired) electrons. The highest BCUT2D eigenvalue weighted by molar-refractivity contribution is 5.83. The normalized spacial score (nSPS) is 10.1. The molecule has 1 rings (SSSR count). The van der Waals surface area contributed by atoms with E-state index < -0.39 is 0 Å². The van der Waals surface area contributed by atoms with Crippen LogP contribution in [0, 0.1) is 0 Å². The van der Waals surface area contributed by atoms with E-state index in [1.807, 2.05) is 18.2 Å². The smallest absolute Gasteiger partial charge is 0.335 e. The molecular weight excluding hydrogens is 152 g/mol. The zero-order valence-corrected chi connectivity index (χ0v) is 6.86. The van der Waals surface area contributed by atoms with Gasteiger partial charge in [-0.05, 0) is 19.1 Å². The number of hydrogen-bond donors (Lipinski definition) is 0. The summed E-state index contributed by atoms with van der Waals surface area (Å²) in [4.78, 5) is 10.9. The number of hydrogen-bond acceptors (Lipinski definition) is 2. The van der Waals surface area contributed by atoms with Gasteiger partial charge in [-0.1, -0.05) is 24.3 Å². The third kappa shape index (κ3) is 2.58. The van der Waals surface area contributed by atoms with Crippen LogP contribution in [0.5, 0.6) is 5.75 Å². The van der Waals surface area contributed by atoms with Crippen LogP contribution < -0.4 is 4.74 Å². The lowest BCUT2D eigenvalue weighted by molar-refractivity contribution is -0.128. The molecule has 1 aromatic carbocycles. The largest absolute Gasteiger partial charge is 0.423 e. The van der Waals surface area contributed by atoms with Crippen LogP contribution in [0.3, 0.4) is 0 Å². The topological polar surface area (TPSA) is 26.3 Å². The van der Waals surface area contributed by atoms with Gasteiger partial charge in [-0.2, -0.15) is 0 Å². The molecule has 1 aromatic rings. The van der Waals surface area contributed by atoms with Crippen molar-refractivity contribution in [1.82, 2.24) is 0 Å². The Kier molecular flexibility index (Phi) is 3.08. The quantitative estimate of drug-likeness (QED) is 0.378. The highest BCUT2D eigenvalue weighted by Crippen LogP contribution is 2.08. The molecule has 0 aliphatic heterocycles. The summed E-state index contributed by atoms with van der Waals surface area (Å²) in [5.74, 6) is 0.226. The fourth-order valence-corrected chi connectivity index (χ4v) is 0.775. The van der Waals surface area contributed by atoms with E-state index in [1.165, 1.54) is 6.08 Å². The summed E-state index contributed by atoms with van der Waals surface area (Å²) >= 11 is 0. The lowest BCUT2D eigenvalue weighted by Gasteiger charge is -1.98. The van der Waals surface area contributed by atoms with Crippen LogP contribution in [-0.2, 0) is 4.79 Å². The van der Waals surface area contributed by atoms with Gasteiger partial charge in [0.25, 0.3) is 0 Å². The van der Waals surface area contributed by atoms with Crippen LogP contribution in [0.2, 0.25) is 0 Å². The molecule has 0 spiro atoms. The van der Waals surface area contributed by atoms with Crippen molar-refractivity contribution in [1.29, 1.82) is 0 Å². The van der Waals surface area contributed by atoms with Crippen molar-refractivity contribution >= 4 is 5.97 Å². The minimum atomic E-state index is -0.344. The van der Waals surface area contributed by atoms with Gasteiger partial charge in [-0.25, -0.2) is 4.79 Å². The van der Waals surface area contributed by atoms with Crippen molar-refractivity contribution < 1.29 is 9.53 Å². The van der Waals surface area contributed by atoms with Crippen molar-refractivity contribution in [2.75, 3.05) is 0 Å². The Hall–Kier alpha value is -1.57. The molecule has 0 N–H and O–H groups in total. The minimum Gasteiger partial charge on any atom is -0.423 e. The van der Waals surface area contributed by atoms with Crippen molar-refractivity contribution in [3.8, 4) is 5.75 Å². The first-order valence-corrected chi connectivity index (χ1v) is 3.72. The molecule has 0 bridgehead atoms. The Morgan fingerprint density at radius 3 is 2.58 bits per heavy atom. The fourth-order valence-electron chi connectivity index (χ4n) is 0.775. The summed E-state index contributed by atoms with van der Waals surface area (Å²) in [6, 6.07) is 8.98. The second-order valence-corrected chi connectivity index (χ2v) is 2.23. The molecule has 2 heteroatoms. The Balaban J connectivity index is 2.59. The maximum absolute atomic E-state index is 10.9. The van der Waals surface area contributed by atoms with Gasteiger partial charge in [0.2, 0.25) is 0 Å². The predicted molar refractivity (Wildman–Crippen MR) is 46.9 cm³/mol. The molecule has 0 aliphatic carbocycles. The first-order valence-electron chi connectivity index (χ1n) is 3.72. The van der Waals surface area contributed by atoms with Crippen molar-refractivity contribution in [3.05, 3.63) is 42.5 Å². The summed E-state index contributed by atoms with van der Waals surface area (Å²) < 4.78 is 4.93. The Morgan fingerprint density at radius 1 is 1.33 bits per heavy atom. The van der Waals surface area contributed by atoms with Gasteiger partial charge in [0.15, 0.2) is 0 Å². The zero-order valence-electron chi connectivity index (χ0n) is 6.86. The third-order valence-electron chi connectivity index (χ3n) is 1.26. The number of rotatable bonds is 2. The highest BCUT2D eigenvalue weighted by Gasteiger charge is 1.96. The van der Waals surface area contributed by atoms with E-state index in [2.05, 4.69) is 0 Å². The Bertz CT molecular complexity index is 275. The SMILES string of the molecule is C/C=C\C(=O)Oc1ccccc1. The van der Waals surface area contributed by atoms with Gasteiger partial charge in [-0.3, -0.25) is 0 Å². The van der Waals surface area contributed by atoms with E-state index in [-0.39, 0.29) is 5.97 Å². The molecule has 0 heterocycles. The summed E-state index contributed by atoms with van der Waals surface area (Å²) in [6.45, 7) is 1.77. The zero-order chi connectivity index (χ0) is 8.81. The molecule has 62 valence electrons. The van der Waals surface area contributed by atoms with Crippen molar-refractivity contribution in [2.24, 2.45) is 0 Å². The number of carbonyl (C=O) groups is 1. The number of carbonyl (C=O) groups excluding carboxylic acids is 1. The molecule has 0 unspecified atom stereocenters. The second kappa shape index (κ2) is 4.34. The van der Waals surface area contributed by atoms with E-state index in [0.717, 1.165) is 0 Å². The molecule has 0 aliphatic rings. The van der Waals surface area contributed by atoms with Crippen LogP contribution in [0.1, 0.15) is 6.92 Å². The van der Waals surface area contributed by atoms with Gasteiger partial charge in [-0.15, -0.1) is 0 Å². The molecule has 0 saturated heterocycles. The highest BCUT2D eigenvalue weighted by atomic mass is 16.5. The van der Waals surface area contributed by atoms with Crippen LogP contribution >= 0.6 is 0 Å². The fraction of sp³-hybridized carbons (Fsp3) is 0.100. The van der Waals surface area contributed by atoms with Gasteiger partial charge in [0, 0.05) is 6.08 Å². The van der Waals surface area contributed by atoms with E-state index in [4.69, 9.17) is 4.74 Å². The molecule has 0 amide bonds. The van der Waals surface area contributed by atoms with E-state index >= 15 is 0 Å². The minimum absolute atomic E-state index is 0.344. The number of para-hydroxylation sites is 1. The Morgan fingerprint density at radius 2 is 2.00 bits per heavy atom. The molecular formula is C10H10O2. The molecule has 12 heavy (non-hydrogen) atoms. The number of ether oxygens (including phenoxy) is 1. The maximum atomic E-state index is 10.9. The molecule has 0 atom stereocenters. The molecule has 0 fully saturated rings. The predicted octanol–water partition coefficient (Wildman–Crippen LogP) is 2.17. The molecule has 2 nitrogen and oxygen atoms in total. The average molecular weight is 162 g/mol. The number of esters is 1. The second-order valence-electron chi connectivity index (χ2n) is 2.23. The maximum Gasteiger partial charge on any atom is 0.335 e. The summed E-state index contributed by atoms with van der Waals surface area (Å²) in [5, 5.41) is 0. The molecule has 0 aromatic heterocycles. The van der Waals surface area contributed by atoms with E-state index in [9.17, 15) is 4.79 Å². The summed E-state index contributed by atoms with van der Waals surface area (Å²) in [7, 11) is 0. The van der Waals surface area contributed by atoms with Crippen LogP contribution in [0.4, 0.5) is 0 Å². The van der Waals surface area contributed by atoms with Crippen molar-refractivity contribution in [2.45, 2.75) is 6.92 Å². The van der Waals surface area contributed by atoms with Gasteiger partial charge in [0.1, 0.15) is 5.75 Å². The van der Waals surface area contributed by atoms with E-state index in [0.29, 0.717) is 5.75 Å². The van der Waals surface area contributed by atoms with E-state index in [1.54, 1.807) is 25.1 Å². The van der Waals surface area contributed by atoms with Crippen LogP contribution in [0.15, 0.2) is 42.5 Å². The monoisotopic (exact) mass is 162 g/mol. The van der Waals surface area contributed by atoms with Crippen LogP contribution in [0.25, 0.3) is 0 Å². The van der Waals surface area contributed by atoms with Gasteiger partial charge < -0.3 is 4.74 Å². The first kappa shape index (κ1) is 8.53. The Labute approximate surface area is 71.5 Å². The standard InChI is InChI=1S/C10H10O2/c1-2-6-10(11)12-9-7-4-3-5-8-9/h2-8H,1H3/b6-2-. The van der Waals surface area contributed by atoms with Crippen LogP contribution in [-0.4, -0.2) is 5.97 Å². The lowest BCUT2D eigenvalue weighted by Crippen LogP contribution is -2.02. The van der Waals surface area contributed by atoms with Crippen molar-refractivity contribution in [3.63, 3.8) is 0 Å².